The Balaban J connectivity index is 2.78. The lowest BCUT2D eigenvalue weighted by molar-refractivity contribution is -0.143. The van der Waals surface area contributed by atoms with E-state index >= 15 is 0 Å². The molecule has 0 aromatic heterocycles. The number of likely N-dealkylation sites (tertiary alicyclic amines) is 1. The molecule has 6 nitrogen and oxygen atoms in total. The topological polar surface area (TPSA) is 87.1 Å². The molecule has 0 saturated carbocycles. The standard InChI is InChI=1S/C7H11NO5/c1-13-5-3-2-4(6(9)10)8(5)7(11)12/h4-5H,2-3H2,1H3,(H,9,10)(H,11,12). The Morgan fingerprint density at radius 1 is 1.38 bits per heavy atom. The van der Waals surface area contributed by atoms with Gasteiger partial charge in [-0.3, -0.25) is 4.90 Å². The zero-order chi connectivity index (χ0) is 10.0. The van der Waals surface area contributed by atoms with Crippen LogP contribution in [0, 0.1) is 0 Å². The van der Waals surface area contributed by atoms with Crippen LogP contribution in [-0.4, -0.2) is 46.6 Å². The summed E-state index contributed by atoms with van der Waals surface area (Å²) in [5.74, 6) is -1.12. The van der Waals surface area contributed by atoms with Gasteiger partial charge in [0, 0.05) is 7.11 Å². The van der Waals surface area contributed by atoms with Gasteiger partial charge in [0.15, 0.2) is 0 Å². The summed E-state index contributed by atoms with van der Waals surface area (Å²) in [6.07, 6.45) is -1.14. The first-order chi connectivity index (χ1) is 6.07. The number of carbonyl (C=O) groups is 2. The molecule has 74 valence electrons. The van der Waals surface area contributed by atoms with Gasteiger partial charge in [-0.2, -0.15) is 0 Å². The molecule has 0 aromatic carbocycles. The zero-order valence-corrected chi connectivity index (χ0v) is 7.14. The number of nitrogens with zero attached hydrogens (tertiary/aromatic N) is 1. The van der Waals surface area contributed by atoms with Gasteiger partial charge in [-0.15, -0.1) is 0 Å². The summed E-state index contributed by atoms with van der Waals surface area (Å²) in [5, 5.41) is 17.4. The van der Waals surface area contributed by atoms with Crippen molar-refractivity contribution >= 4 is 12.1 Å². The Kier molecular flexibility index (Phi) is 2.72. The molecule has 13 heavy (non-hydrogen) atoms. The lowest BCUT2D eigenvalue weighted by Crippen LogP contribution is -2.44. The number of aliphatic carboxylic acids is 1. The van der Waals surface area contributed by atoms with Crippen molar-refractivity contribution in [3.8, 4) is 0 Å². The van der Waals surface area contributed by atoms with Gasteiger partial charge < -0.3 is 14.9 Å². The maximum absolute atomic E-state index is 10.7. The molecule has 2 unspecified atom stereocenters. The van der Waals surface area contributed by atoms with E-state index in [0.29, 0.717) is 12.8 Å². The molecule has 1 saturated heterocycles. The Morgan fingerprint density at radius 3 is 2.38 bits per heavy atom. The van der Waals surface area contributed by atoms with E-state index in [4.69, 9.17) is 14.9 Å². The number of rotatable bonds is 2. The monoisotopic (exact) mass is 189 g/mol. The first-order valence-corrected chi connectivity index (χ1v) is 3.84. The van der Waals surface area contributed by atoms with Gasteiger partial charge >= 0.3 is 12.1 Å². The lowest BCUT2D eigenvalue weighted by Gasteiger charge is -2.23. The van der Waals surface area contributed by atoms with E-state index in [9.17, 15) is 9.59 Å². The number of methoxy groups -OCH3 is 1. The van der Waals surface area contributed by atoms with Crippen LogP contribution in [0.25, 0.3) is 0 Å². The average Bonchev–Trinajstić information content (AvgIpc) is 2.46. The van der Waals surface area contributed by atoms with Crippen molar-refractivity contribution in [2.75, 3.05) is 7.11 Å². The van der Waals surface area contributed by atoms with Crippen LogP contribution in [-0.2, 0) is 9.53 Å². The first kappa shape index (κ1) is 9.79. The highest BCUT2D eigenvalue weighted by molar-refractivity contribution is 5.80. The van der Waals surface area contributed by atoms with Gasteiger partial charge in [-0.1, -0.05) is 0 Å². The van der Waals surface area contributed by atoms with Crippen molar-refractivity contribution in [3.05, 3.63) is 0 Å². The van der Waals surface area contributed by atoms with E-state index in [1.165, 1.54) is 7.11 Å². The van der Waals surface area contributed by atoms with E-state index in [-0.39, 0.29) is 0 Å². The minimum absolute atomic E-state index is 0.306. The van der Waals surface area contributed by atoms with Gasteiger partial charge in [0.2, 0.25) is 0 Å². The molecular formula is C7H11NO5. The summed E-state index contributed by atoms with van der Waals surface area (Å²) < 4.78 is 4.85. The minimum Gasteiger partial charge on any atom is -0.480 e. The Morgan fingerprint density at radius 2 is 2.00 bits per heavy atom. The third-order valence-electron chi connectivity index (χ3n) is 2.11. The number of carboxylic acids is 1. The Labute approximate surface area is 74.7 Å². The van der Waals surface area contributed by atoms with Crippen LogP contribution in [0.15, 0.2) is 0 Å². The van der Waals surface area contributed by atoms with E-state index in [2.05, 4.69) is 0 Å². The fraction of sp³-hybridized carbons (Fsp3) is 0.714. The molecule has 0 aliphatic carbocycles. The van der Waals surface area contributed by atoms with Gasteiger partial charge in [-0.05, 0) is 12.8 Å². The quantitative estimate of drug-likeness (QED) is 0.647. The SMILES string of the molecule is COC1CCC(C(=O)O)N1C(=O)O. The number of ether oxygens (including phenoxy) is 1. The molecule has 0 aromatic rings. The number of amides is 1. The number of hydrogen-bond donors (Lipinski definition) is 2. The summed E-state index contributed by atoms with van der Waals surface area (Å²) in [6.45, 7) is 0. The number of hydrogen-bond acceptors (Lipinski definition) is 3. The van der Waals surface area contributed by atoms with Crippen molar-refractivity contribution in [1.29, 1.82) is 0 Å². The summed E-state index contributed by atoms with van der Waals surface area (Å²) in [7, 11) is 1.37. The molecule has 1 heterocycles. The van der Waals surface area contributed by atoms with Crippen molar-refractivity contribution in [2.45, 2.75) is 25.1 Å². The molecule has 1 rings (SSSR count). The van der Waals surface area contributed by atoms with Gasteiger partial charge in [0.05, 0.1) is 0 Å². The first-order valence-electron chi connectivity index (χ1n) is 3.84. The van der Waals surface area contributed by atoms with Crippen LogP contribution in [0.1, 0.15) is 12.8 Å². The maximum atomic E-state index is 10.7. The van der Waals surface area contributed by atoms with Crippen molar-refractivity contribution < 1.29 is 24.5 Å². The predicted octanol–water partition coefficient (Wildman–Crippen LogP) is 0.186. The Bertz CT molecular complexity index is 229. The second-order valence-corrected chi connectivity index (χ2v) is 2.81. The second kappa shape index (κ2) is 3.61. The molecule has 0 radical (unpaired) electrons. The molecule has 0 spiro atoms. The van der Waals surface area contributed by atoms with Crippen LogP contribution in [0.4, 0.5) is 4.79 Å². The smallest absolute Gasteiger partial charge is 0.410 e. The molecular weight excluding hydrogens is 178 g/mol. The minimum atomic E-state index is -1.25. The van der Waals surface area contributed by atoms with Crippen LogP contribution in [0.2, 0.25) is 0 Å². The fourth-order valence-electron chi connectivity index (χ4n) is 1.51. The number of carboxylic acid groups (broad SMARTS) is 2. The molecule has 1 fully saturated rings. The fourth-order valence-corrected chi connectivity index (χ4v) is 1.51. The van der Waals surface area contributed by atoms with Crippen LogP contribution in [0.5, 0.6) is 0 Å². The third kappa shape index (κ3) is 1.72. The van der Waals surface area contributed by atoms with Gasteiger partial charge in [0.1, 0.15) is 12.3 Å². The van der Waals surface area contributed by atoms with Crippen molar-refractivity contribution in [3.63, 3.8) is 0 Å². The van der Waals surface area contributed by atoms with E-state index in [1.807, 2.05) is 0 Å². The lowest BCUT2D eigenvalue weighted by atomic mass is 10.2. The highest BCUT2D eigenvalue weighted by atomic mass is 16.5. The molecule has 1 aliphatic rings. The highest BCUT2D eigenvalue weighted by Gasteiger charge is 2.41. The molecule has 2 N–H and O–H groups in total. The van der Waals surface area contributed by atoms with Crippen LogP contribution < -0.4 is 0 Å². The predicted molar refractivity (Wildman–Crippen MR) is 41.3 cm³/mol. The molecule has 0 bridgehead atoms. The van der Waals surface area contributed by atoms with E-state index in [1.54, 1.807) is 0 Å². The maximum Gasteiger partial charge on any atom is 0.410 e. The Hall–Kier alpha value is -1.30. The van der Waals surface area contributed by atoms with E-state index < -0.39 is 24.3 Å². The summed E-state index contributed by atoms with van der Waals surface area (Å²) >= 11 is 0. The van der Waals surface area contributed by atoms with Gasteiger partial charge in [0.25, 0.3) is 0 Å². The largest absolute Gasteiger partial charge is 0.480 e. The normalized spacial score (nSPS) is 27.6. The zero-order valence-electron chi connectivity index (χ0n) is 7.14. The molecule has 1 amide bonds. The summed E-state index contributed by atoms with van der Waals surface area (Å²) in [6, 6.07) is -0.970. The third-order valence-corrected chi connectivity index (χ3v) is 2.11. The molecule has 2 atom stereocenters. The van der Waals surface area contributed by atoms with Crippen LogP contribution in [0.3, 0.4) is 0 Å². The van der Waals surface area contributed by atoms with Gasteiger partial charge in [-0.25, -0.2) is 9.59 Å². The van der Waals surface area contributed by atoms with E-state index in [0.717, 1.165) is 4.90 Å². The van der Waals surface area contributed by atoms with Crippen LogP contribution >= 0.6 is 0 Å². The average molecular weight is 189 g/mol. The summed E-state index contributed by atoms with van der Waals surface area (Å²) in [4.78, 5) is 22.1. The van der Waals surface area contributed by atoms with Crippen molar-refractivity contribution in [2.24, 2.45) is 0 Å². The highest BCUT2D eigenvalue weighted by Crippen LogP contribution is 2.24. The molecule has 1 aliphatic heterocycles. The van der Waals surface area contributed by atoms with Crippen molar-refractivity contribution in [1.82, 2.24) is 4.90 Å². The second-order valence-electron chi connectivity index (χ2n) is 2.81. The summed E-state index contributed by atoms with van der Waals surface area (Å²) in [5.41, 5.74) is 0. The molecule has 6 heteroatoms.